The van der Waals surface area contributed by atoms with Gasteiger partial charge in [0.05, 0.1) is 23.4 Å². The van der Waals surface area contributed by atoms with Gasteiger partial charge in [-0.25, -0.2) is 4.98 Å². The maximum atomic E-state index is 9.08. The van der Waals surface area contributed by atoms with Gasteiger partial charge in [0, 0.05) is 38.4 Å². The predicted octanol–water partition coefficient (Wildman–Crippen LogP) is 3.17. The van der Waals surface area contributed by atoms with Crippen LogP contribution in [0.2, 0.25) is 0 Å². The first-order chi connectivity index (χ1) is 12.0. The van der Waals surface area contributed by atoms with Crippen LogP contribution in [0.25, 0.3) is 0 Å². The van der Waals surface area contributed by atoms with Gasteiger partial charge >= 0.3 is 0 Å². The van der Waals surface area contributed by atoms with Crippen molar-refractivity contribution in [3.8, 4) is 6.07 Å². The summed E-state index contributed by atoms with van der Waals surface area (Å²) < 4.78 is 2.38. The monoisotopic (exact) mass is 337 g/mol. The normalized spacial score (nSPS) is 17.7. The fraction of sp³-hybridized carbons (Fsp3) is 0.500. The predicted molar refractivity (Wildman–Crippen MR) is 98.8 cm³/mol. The highest BCUT2D eigenvalue weighted by Crippen LogP contribution is 2.27. The maximum absolute atomic E-state index is 9.08. The second kappa shape index (κ2) is 7.38. The summed E-state index contributed by atoms with van der Waals surface area (Å²) in [5, 5.41) is 9.08. The third-order valence-corrected chi connectivity index (χ3v) is 5.24. The highest BCUT2D eigenvalue weighted by atomic mass is 15.3. The van der Waals surface area contributed by atoms with Crippen LogP contribution < -0.4 is 0 Å². The van der Waals surface area contributed by atoms with Gasteiger partial charge in [0.15, 0.2) is 0 Å². The summed E-state index contributed by atoms with van der Waals surface area (Å²) in [6.45, 7) is 10.4. The van der Waals surface area contributed by atoms with Crippen LogP contribution in [0.4, 0.5) is 0 Å². The van der Waals surface area contributed by atoms with Crippen molar-refractivity contribution in [2.45, 2.75) is 52.5 Å². The van der Waals surface area contributed by atoms with E-state index in [1.54, 1.807) is 0 Å². The first-order valence-electron chi connectivity index (χ1n) is 8.97. The van der Waals surface area contributed by atoms with Crippen molar-refractivity contribution >= 4 is 0 Å². The molecular weight excluding hydrogens is 310 g/mol. The minimum atomic E-state index is 0.276. The van der Waals surface area contributed by atoms with E-state index >= 15 is 0 Å². The summed E-state index contributed by atoms with van der Waals surface area (Å²) in [6, 6.07) is 10.9. The minimum absolute atomic E-state index is 0.276. The Morgan fingerprint density at radius 3 is 2.88 bits per heavy atom. The molecule has 1 atom stereocenters. The number of rotatable bonds is 5. The van der Waals surface area contributed by atoms with E-state index in [1.807, 2.05) is 24.4 Å². The standard InChI is InChI=1S/C20H27N5/c1-15(2)23(4)14-19-12-22-20-16(3)24(8-9-25(19)20)13-18-7-5-6-17(10-18)11-21/h5-7,10,12,15-16H,8-9,13-14H2,1-4H3/t16-/m1/s1. The Bertz CT molecular complexity index is 771. The van der Waals surface area contributed by atoms with Crippen LogP contribution >= 0.6 is 0 Å². The zero-order valence-electron chi connectivity index (χ0n) is 15.6. The molecule has 0 fully saturated rings. The molecule has 3 rings (SSSR count). The molecule has 1 aliphatic rings. The van der Waals surface area contributed by atoms with Gasteiger partial charge in [-0.2, -0.15) is 5.26 Å². The smallest absolute Gasteiger partial charge is 0.126 e. The Labute approximate surface area is 150 Å². The van der Waals surface area contributed by atoms with Gasteiger partial charge in [-0.1, -0.05) is 12.1 Å². The van der Waals surface area contributed by atoms with E-state index in [4.69, 9.17) is 10.2 Å². The number of nitrogens with zero attached hydrogens (tertiary/aromatic N) is 5. The molecule has 2 aromatic rings. The molecule has 5 nitrogen and oxygen atoms in total. The van der Waals surface area contributed by atoms with Crippen molar-refractivity contribution in [1.29, 1.82) is 5.26 Å². The number of fused-ring (bicyclic) bond motifs is 1. The molecule has 0 bridgehead atoms. The van der Waals surface area contributed by atoms with Crippen LogP contribution in [-0.2, 0) is 19.6 Å². The number of benzene rings is 1. The van der Waals surface area contributed by atoms with E-state index in [2.05, 4.69) is 54.3 Å². The molecule has 5 heteroatoms. The van der Waals surface area contributed by atoms with Crippen molar-refractivity contribution in [1.82, 2.24) is 19.4 Å². The zero-order chi connectivity index (χ0) is 18.0. The van der Waals surface area contributed by atoms with Crippen molar-refractivity contribution in [3.63, 3.8) is 0 Å². The topological polar surface area (TPSA) is 48.1 Å². The van der Waals surface area contributed by atoms with Crippen LogP contribution in [0.5, 0.6) is 0 Å². The van der Waals surface area contributed by atoms with Gasteiger partial charge < -0.3 is 4.57 Å². The van der Waals surface area contributed by atoms with E-state index in [1.165, 1.54) is 11.3 Å². The molecule has 1 aromatic carbocycles. The summed E-state index contributed by atoms with van der Waals surface area (Å²) in [4.78, 5) is 9.50. The minimum Gasteiger partial charge on any atom is -0.328 e. The molecule has 1 aliphatic heterocycles. The quantitative estimate of drug-likeness (QED) is 0.841. The van der Waals surface area contributed by atoms with Crippen molar-refractivity contribution in [2.75, 3.05) is 13.6 Å². The number of nitriles is 1. The Balaban J connectivity index is 1.74. The first-order valence-corrected chi connectivity index (χ1v) is 8.97. The van der Waals surface area contributed by atoms with E-state index < -0.39 is 0 Å². The second-order valence-corrected chi connectivity index (χ2v) is 7.23. The third-order valence-electron chi connectivity index (χ3n) is 5.24. The van der Waals surface area contributed by atoms with Gasteiger partial charge in [0.2, 0.25) is 0 Å². The van der Waals surface area contributed by atoms with Gasteiger partial charge in [0.25, 0.3) is 0 Å². The number of hydrogen-bond acceptors (Lipinski definition) is 4. The Kier molecular flexibility index (Phi) is 5.22. The molecule has 0 N–H and O–H groups in total. The summed E-state index contributed by atoms with van der Waals surface area (Å²) in [7, 11) is 2.16. The maximum Gasteiger partial charge on any atom is 0.126 e. The van der Waals surface area contributed by atoms with Gasteiger partial charge in [-0.05, 0) is 45.5 Å². The van der Waals surface area contributed by atoms with E-state index in [-0.39, 0.29) is 6.04 Å². The lowest BCUT2D eigenvalue weighted by Crippen LogP contribution is -2.37. The Morgan fingerprint density at radius 2 is 2.16 bits per heavy atom. The molecule has 0 saturated carbocycles. The summed E-state index contributed by atoms with van der Waals surface area (Å²) in [6.07, 6.45) is 2.03. The van der Waals surface area contributed by atoms with E-state index in [0.29, 0.717) is 6.04 Å². The fourth-order valence-corrected chi connectivity index (χ4v) is 3.36. The van der Waals surface area contributed by atoms with Gasteiger partial charge in [-0.15, -0.1) is 0 Å². The average Bonchev–Trinajstić information content (AvgIpc) is 3.01. The second-order valence-electron chi connectivity index (χ2n) is 7.23. The molecule has 0 unspecified atom stereocenters. The lowest BCUT2D eigenvalue weighted by molar-refractivity contribution is 0.152. The first kappa shape index (κ1) is 17.7. The highest BCUT2D eigenvalue weighted by molar-refractivity contribution is 5.32. The van der Waals surface area contributed by atoms with Crippen LogP contribution in [0, 0.1) is 11.3 Å². The summed E-state index contributed by atoms with van der Waals surface area (Å²) >= 11 is 0. The van der Waals surface area contributed by atoms with E-state index in [9.17, 15) is 0 Å². The van der Waals surface area contributed by atoms with Crippen molar-refractivity contribution in [2.24, 2.45) is 0 Å². The molecule has 2 heterocycles. The van der Waals surface area contributed by atoms with Gasteiger partial charge in [-0.3, -0.25) is 9.80 Å². The lowest BCUT2D eigenvalue weighted by Gasteiger charge is -2.35. The van der Waals surface area contributed by atoms with Gasteiger partial charge in [0.1, 0.15) is 5.82 Å². The molecule has 1 aromatic heterocycles. The summed E-state index contributed by atoms with van der Waals surface area (Å²) in [5.74, 6) is 1.15. The average molecular weight is 337 g/mol. The highest BCUT2D eigenvalue weighted by Gasteiger charge is 2.27. The Morgan fingerprint density at radius 1 is 1.36 bits per heavy atom. The zero-order valence-corrected chi connectivity index (χ0v) is 15.6. The number of aromatic nitrogens is 2. The van der Waals surface area contributed by atoms with Crippen molar-refractivity contribution in [3.05, 3.63) is 53.1 Å². The molecule has 0 amide bonds. The lowest BCUT2D eigenvalue weighted by atomic mass is 10.1. The largest absolute Gasteiger partial charge is 0.328 e. The summed E-state index contributed by atoms with van der Waals surface area (Å²) in [5.41, 5.74) is 3.21. The van der Waals surface area contributed by atoms with Crippen LogP contribution in [0.1, 0.15) is 49.5 Å². The molecule has 0 radical (unpaired) electrons. The Hall–Kier alpha value is -2.16. The van der Waals surface area contributed by atoms with Crippen molar-refractivity contribution < 1.29 is 0 Å². The third kappa shape index (κ3) is 3.76. The molecular formula is C20H27N5. The molecule has 0 saturated heterocycles. The van der Waals surface area contributed by atoms with Crippen LogP contribution in [0.3, 0.4) is 0 Å². The SMILES string of the molecule is CC(C)N(C)Cc1cnc2n1CCN(Cc1cccc(C#N)c1)[C@@H]2C. The van der Waals surface area contributed by atoms with E-state index in [0.717, 1.165) is 37.6 Å². The molecule has 0 spiro atoms. The van der Waals surface area contributed by atoms with Crippen LogP contribution in [-0.4, -0.2) is 39.0 Å². The number of hydrogen-bond donors (Lipinski definition) is 0. The number of imidazole rings is 1. The molecule has 132 valence electrons. The fourth-order valence-electron chi connectivity index (χ4n) is 3.36. The molecule has 25 heavy (non-hydrogen) atoms. The molecule has 0 aliphatic carbocycles. The van der Waals surface area contributed by atoms with Crippen LogP contribution in [0.15, 0.2) is 30.5 Å².